The summed E-state index contributed by atoms with van der Waals surface area (Å²) >= 11 is 4.08. The van der Waals surface area contributed by atoms with Crippen molar-refractivity contribution >= 4 is 56.6 Å². The van der Waals surface area contributed by atoms with E-state index in [0.717, 1.165) is 18.0 Å². The number of amides is 1. The summed E-state index contributed by atoms with van der Waals surface area (Å²) in [4.78, 5) is 32.5. The lowest BCUT2D eigenvalue weighted by molar-refractivity contribution is -0.386. The molecule has 0 saturated carbocycles. The van der Waals surface area contributed by atoms with Gasteiger partial charge in [0.05, 0.1) is 17.6 Å². The number of nitrogens with one attached hydrogen (secondary N) is 1. The molecule has 1 aromatic carbocycles. The van der Waals surface area contributed by atoms with E-state index in [4.69, 9.17) is 5.11 Å². The first-order valence-electron chi connectivity index (χ1n) is 6.67. The molecule has 1 heterocycles. The van der Waals surface area contributed by atoms with Crippen LogP contribution in [-0.2, 0) is 9.59 Å². The summed E-state index contributed by atoms with van der Waals surface area (Å²) in [6, 6.07) is 1.44. The van der Waals surface area contributed by atoms with Gasteiger partial charge in [-0.1, -0.05) is 27.7 Å². The number of carbonyl (C=O) groups is 2. The number of rotatable bonds is 5. The normalized spacial score (nSPS) is 18.7. The molecule has 0 bridgehead atoms. The standard InChI is InChI=1S/C13H11BrN4O6S/c1-5-7(14)2-6(11(21)10(5)18(23)24)4-15-17-13-16-12(22)8(25-13)3-9(19)20/h2,4,8,21H,3H2,1H3,(H,19,20)(H,16,17,22). The number of aromatic hydroxyl groups is 1. The smallest absolute Gasteiger partial charge is 0.315 e. The molecule has 3 N–H and O–H groups in total. The number of phenolic OH excluding ortho intramolecular Hbond substituents is 1. The Morgan fingerprint density at radius 1 is 1.60 bits per heavy atom. The Morgan fingerprint density at radius 3 is 2.88 bits per heavy atom. The lowest BCUT2D eigenvalue weighted by Crippen LogP contribution is -2.26. The maximum Gasteiger partial charge on any atom is 0.315 e. The number of carboxylic acids is 1. The monoisotopic (exact) mass is 430 g/mol. The van der Waals surface area contributed by atoms with Crippen molar-refractivity contribution in [2.24, 2.45) is 10.2 Å². The fourth-order valence-corrected chi connectivity index (χ4v) is 3.30. The minimum Gasteiger partial charge on any atom is -0.502 e. The SMILES string of the molecule is Cc1c(Br)cc(C=NN=C2NC(=O)C(CC(=O)O)S2)c(O)c1[N+](=O)[O-]. The van der Waals surface area contributed by atoms with Crippen LogP contribution in [0.2, 0.25) is 0 Å². The zero-order valence-electron chi connectivity index (χ0n) is 12.6. The molecule has 25 heavy (non-hydrogen) atoms. The fraction of sp³-hybridized carbons (Fsp3) is 0.231. The van der Waals surface area contributed by atoms with Gasteiger partial charge in [-0.2, -0.15) is 5.10 Å². The van der Waals surface area contributed by atoms with Crippen LogP contribution >= 0.6 is 27.7 Å². The van der Waals surface area contributed by atoms with Crippen molar-refractivity contribution < 1.29 is 24.7 Å². The van der Waals surface area contributed by atoms with Crippen LogP contribution in [0.1, 0.15) is 17.5 Å². The van der Waals surface area contributed by atoms with Gasteiger partial charge in [0.1, 0.15) is 5.25 Å². The predicted molar refractivity (Wildman–Crippen MR) is 94.0 cm³/mol. The number of amidine groups is 1. The minimum atomic E-state index is -1.11. The largest absolute Gasteiger partial charge is 0.502 e. The highest BCUT2D eigenvalue weighted by Gasteiger charge is 2.32. The zero-order chi connectivity index (χ0) is 18.7. The molecule has 1 fully saturated rings. The summed E-state index contributed by atoms with van der Waals surface area (Å²) in [6.45, 7) is 1.48. The third-order valence-electron chi connectivity index (χ3n) is 3.16. The van der Waals surface area contributed by atoms with E-state index in [1.54, 1.807) is 0 Å². The maximum atomic E-state index is 11.6. The minimum absolute atomic E-state index is 0.0601. The van der Waals surface area contributed by atoms with Crippen molar-refractivity contribution in [1.82, 2.24) is 5.32 Å². The van der Waals surface area contributed by atoms with E-state index in [-0.39, 0.29) is 22.7 Å². The molecule has 0 spiro atoms. The number of nitro groups is 1. The quantitative estimate of drug-likeness (QED) is 0.365. The first kappa shape index (κ1) is 18.9. The molecule has 1 amide bonds. The van der Waals surface area contributed by atoms with Crippen LogP contribution < -0.4 is 5.32 Å². The van der Waals surface area contributed by atoms with Crippen molar-refractivity contribution in [3.63, 3.8) is 0 Å². The number of nitrogens with zero attached hydrogens (tertiary/aromatic N) is 3. The summed E-state index contributed by atoms with van der Waals surface area (Å²) in [7, 11) is 0. The molecular weight excluding hydrogens is 420 g/mol. The fourth-order valence-electron chi connectivity index (χ4n) is 1.95. The molecule has 132 valence electrons. The van der Waals surface area contributed by atoms with Gasteiger partial charge in [0.2, 0.25) is 11.7 Å². The number of aliphatic carboxylic acids is 1. The molecule has 1 aromatic rings. The number of hydrogen-bond acceptors (Lipinski definition) is 8. The number of carbonyl (C=O) groups excluding carboxylic acids is 1. The lowest BCUT2D eigenvalue weighted by Gasteiger charge is -2.05. The molecule has 0 radical (unpaired) electrons. The Bertz CT molecular complexity index is 825. The Hall–Kier alpha value is -2.47. The van der Waals surface area contributed by atoms with E-state index in [1.165, 1.54) is 13.0 Å². The molecule has 0 aliphatic carbocycles. The Balaban J connectivity index is 2.22. The summed E-state index contributed by atoms with van der Waals surface area (Å²) in [5.74, 6) is -2.15. The zero-order valence-corrected chi connectivity index (χ0v) is 15.0. The molecule has 1 atom stereocenters. The average molecular weight is 431 g/mol. The van der Waals surface area contributed by atoms with E-state index in [1.807, 2.05) is 0 Å². The first-order chi connectivity index (χ1) is 11.7. The van der Waals surface area contributed by atoms with Crippen LogP contribution in [0.25, 0.3) is 0 Å². The molecule has 12 heteroatoms. The molecule has 2 rings (SSSR count). The van der Waals surface area contributed by atoms with E-state index in [0.29, 0.717) is 4.47 Å². The lowest BCUT2D eigenvalue weighted by atomic mass is 10.1. The van der Waals surface area contributed by atoms with Crippen LogP contribution in [0.15, 0.2) is 20.7 Å². The predicted octanol–water partition coefficient (Wildman–Crippen LogP) is 1.77. The molecular formula is C13H11BrN4O6S. The van der Waals surface area contributed by atoms with Crippen molar-refractivity contribution in [1.29, 1.82) is 0 Å². The van der Waals surface area contributed by atoms with E-state index < -0.39 is 33.5 Å². The van der Waals surface area contributed by atoms with Crippen molar-refractivity contribution in [3.8, 4) is 5.75 Å². The Kier molecular flexibility index (Phi) is 5.74. The number of phenols is 1. The number of halogens is 1. The van der Waals surface area contributed by atoms with Gasteiger partial charge in [-0.3, -0.25) is 19.7 Å². The molecule has 1 unspecified atom stereocenters. The van der Waals surface area contributed by atoms with Crippen LogP contribution in [0.3, 0.4) is 0 Å². The van der Waals surface area contributed by atoms with Crippen LogP contribution in [-0.4, -0.2) is 43.6 Å². The van der Waals surface area contributed by atoms with Crippen molar-refractivity contribution in [2.45, 2.75) is 18.6 Å². The second kappa shape index (κ2) is 7.61. The maximum absolute atomic E-state index is 11.6. The van der Waals surface area contributed by atoms with E-state index in [2.05, 4.69) is 31.4 Å². The van der Waals surface area contributed by atoms with Crippen LogP contribution in [0.4, 0.5) is 5.69 Å². The van der Waals surface area contributed by atoms with Crippen LogP contribution in [0, 0.1) is 17.0 Å². The second-order valence-electron chi connectivity index (χ2n) is 4.87. The van der Waals surface area contributed by atoms with Gasteiger partial charge in [-0.05, 0) is 13.0 Å². The Labute approximate surface area is 153 Å². The highest BCUT2D eigenvalue weighted by molar-refractivity contribution is 9.10. The number of benzene rings is 1. The molecule has 1 aliphatic rings. The third kappa shape index (κ3) is 4.33. The molecule has 10 nitrogen and oxygen atoms in total. The van der Waals surface area contributed by atoms with Crippen LogP contribution in [0.5, 0.6) is 5.75 Å². The van der Waals surface area contributed by atoms with Gasteiger partial charge in [0.15, 0.2) is 5.17 Å². The Morgan fingerprint density at radius 2 is 2.28 bits per heavy atom. The van der Waals surface area contributed by atoms with Gasteiger partial charge < -0.3 is 15.5 Å². The van der Waals surface area contributed by atoms with Gasteiger partial charge in [-0.25, -0.2) is 0 Å². The number of carboxylic acid groups (broad SMARTS) is 1. The average Bonchev–Trinajstić information content (AvgIpc) is 2.83. The molecule has 1 aliphatic heterocycles. The topological polar surface area (TPSA) is 154 Å². The number of thioether (sulfide) groups is 1. The van der Waals surface area contributed by atoms with Crippen molar-refractivity contribution in [3.05, 3.63) is 31.8 Å². The second-order valence-corrected chi connectivity index (χ2v) is 6.92. The first-order valence-corrected chi connectivity index (χ1v) is 8.34. The van der Waals surface area contributed by atoms with Gasteiger partial charge in [-0.15, -0.1) is 5.10 Å². The molecule has 0 aromatic heterocycles. The third-order valence-corrected chi connectivity index (χ3v) is 5.05. The van der Waals surface area contributed by atoms with E-state index >= 15 is 0 Å². The summed E-state index contributed by atoms with van der Waals surface area (Å²) in [6.07, 6.45) is 0.744. The number of nitro benzene ring substituents is 1. The van der Waals surface area contributed by atoms with E-state index in [9.17, 15) is 24.8 Å². The molecule has 1 saturated heterocycles. The highest BCUT2D eigenvalue weighted by Crippen LogP contribution is 2.37. The van der Waals surface area contributed by atoms with Gasteiger partial charge >= 0.3 is 11.7 Å². The summed E-state index contributed by atoms with van der Waals surface area (Å²) in [5, 5.41) is 38.8. The van der Waals surface area contributed by atoms with Gasteiger partial charge in [0, 0.05) is 15.6 Å². The van der Waals surface area contributed by atoms with Gasteiger partial charge in [0.25, 0.3) is 0 Å². The summed E-state index contributed by atoms with van der Waals surface area (Å²) < 4.78 is 0.413. The van der Waals surface area contributed by atoms with Crippen molar-refractivity contribution in [2.75, 3.05) is 0 Å². The number of hydrogen-bond donors (Lipinski definition) is 3. The summed E-state index contributed by atoms with van der Waals surface area (Å²) in [5.41, 5.74) is -0.125. The highest BCUT2D eigenvalue weighted by atomic mass is 79.9.